The molecule has 0 aromatic carbocycles. The van der Waals surface area contributed by atoms with E-state index >= 15 is 0 Å². The van der Waals surface area contributed by atoms with Crippen LogP contribution in [0.25, 0.3) is 0 Å². The van der Waals surface area contributed by atoms with Gasteiger partial charge in [0.25, 0.3) is 0 Å². The third-order valence-electron chi connectivity index (χ3n) is 1.04. The lowest BCUT2D eigenvalue weighted by atomic mass is 10.1. The highest BCUT2D eigenvalue weighted by Gasteiger charge is 2.03. The van der Waals surface area contributed by atoms with E-state index in [9.17, 15) is 4.79 Å². The first-order valence-corrected chi connectivity index (χ1v) is 3.76. The Labute approximate surface area is 61.4 Å². The van der Waals surface area contributed by atoms with E-state index in [0.717, 1.165) is 6.42 Å². The minimum absolute atomic E-state index is 0.00375. The molecule has 0 fully saturated rings. The van der Waals surface area contributed by atoms with Gasteiger partial charge in [-0.25, -0.2) is 0 Å². The van der Waals surface area contributed by atoms with Gasteiger partial charge in [0.1, 0.15) is 5.78 Å². The summed E-state index contributed by atoms with van der Waals surface area (Å²) >= 11 is 5.59. The summed E-state index contributed by atoms with van der Waals surface area (Å²) in [7, 11) is 0. The summed E-state index contributed by atoms with van der Waals surface area (Å²) in [6.07, 6.45) is 2.13. The highest BCUT2D eigenvalue weighted by atomic mass is 35.5. The average molecular weight is 149 g/mol. The van der Waals surface area contributed by atoms with E-state index in [1.807, 2.05) is 13.8 Å². The van der Waals surface area contributed by atoms with Crippen molar-refractivity contribution in [2.75, 3.05) is 0 Å². The Hall–Kier alpha value is -0.0400. The molecule has 54 valence electrons. The molecule has 0 aliphatic carbocycles. The van der Waals surface area contributed by atoms with Gasteiger partial charge in [-0.1, -0.05) is 6.92 Å². The molecule has 9 heavy (non-hydrogen) atoms. The van der Waals surface area contributed by atoms with Crippen LogP contribution in [0.3, 0.4) is 0 Å². The molecule has 0 bridgehead atoms. The Morgan fingerprint density at radius 3 is 2.56 bits per heavy atom. The molecule has 0 rings (SSSR count). The number of halogens is 1. The number of hydrogen-bond acceptors (Lipinski definition) is 1. The SMILES string of the molecule is CCCC(=O)CC(C)Cl. The van der Waals surface area contributed by atoms with Crippen LogP contribution in [0, 0.1) is 0 Å². The zero-order valence-electron chi connectivity index (χ0n) is 5.98. The van der Waals surface area contributed by atoms with Crippen molar-refractivity contribution in [3.05, 3.63) is 0 Å². The molecule has 0 aliphatic rings. The van der Waals surface area contributed by atoms with Gasteiger partial charge in [0.2, 0.25) is 0 Å². The molecule has 0 saturated carbocycles. The number of carbonyl (C=O) groups is 1. The minimum atomic E-state index is 0.00375. The lowest BCUT2D eigenvalue weighted by Crippen LogP contribution is -2.03. The Kier molecular flexibility index (Phi) is 4.78. The van der Waals surface area contributed by atoms with Gasteiger partial charge in [0.15, 0.2) is 0 Å². The number of Topliss-reactive ketones (excluding diaryl/α,β-unsaturated/α-hetero) is 1. The fraction of sp³-hybridized carbons (Fsp3) is 0.857. The van der Waals surface area contributed by atoms with E-state index in [1.54, 1.807) is 0 Å². The van der Waals surface area contributed by atoms with E-state index in [0.29, 0.717) is 12.8 Å². The highest BCUT2D eigenvalue weighted by Crippen LogP contribution is 2.03. The van der Waals surface area contributed by atoms with E-state index in [4.69, 9.17) is 11.6 Å². The van der Waals surface area contributed by atoms with Crippen LogP contribution in [0.5, 0.6) is 0 Å². The van der Waals surface area contributed by atoms with Crippen LogP contribution in [0.1, 0.15) is 33.1 Å². The Bertz CT molecular complexity index is 88.9. The van der Waals surface area contributed by atoms with E-state index in [2.05, 4.69) is 0 Å². The van der Waals surface area contributed by atoms with Crippen molar-refractivity contribution < 1.29 is 4.79 Å². The number of alkyl halides is 1. The summed E-state index contributed by atoms with van der Waals surface area (Å²) in [5.41, 5.74) is 0. The summed E-state index contributed by atoms with van der Waals surface area (Å²) in [5.74, 6) is 0.278. The number of ketones is 1. The average Bonchev–Trinajstić information content (AvgIpc) is 1.63. The topological polar surface area (TPSA) is 17.1 Å². The monoisotopic (exact) mass is 148 g/mol. The second-order valence-corrected chi connectivity index (χ2v) is 3.02. The van der Waals surface area contributed by atoms with Crippen LogP contribution >= 0.6 is 11.6 Å². The molecular formula is C7H13ClO. The van der Waals surface area contributed by atoms with Gasteiger partial charge in [-0.3, -0.25) is 4.79 Å². The maximum atomic E-state index is 10.8. The van der Waals surface area contributed by atoms with Crippen LogP contribution in [0.15, 0.2) is 0 Å². The number of rotatable bonds is 4. The molecular weight excluding hydrogens is 136 g/mol. The first kappa shape index (κ1) is 8.96. The van der Waals surface area contributed by atoms with Crippen molar-refractivity contribution in [2.45, 2.75) is 38.5 Å². The zero-order chi connectivity index (χ0) is 7.28. The molecule has 0 N–H and O–H groups in total. The smallest absolute Gasteiger partial charge is 0.134 e. The van der Waals surface area contributed by atoms with Crippen LogP contribution < -0.4 is 0 Å². The fourth-order valence-electron chi connectivity index (χ4n) is 0.695. The normalized spacial score (nSPS) is 13.2. The quantitative estimate of drug-likeness (QED) is 0.560. The zero-order valence-corrected chi connectivity index (χ0v) is 6.74. The largest absolute Gasteiger partial charge is 0.300 e. The first-order chi connectivity index (χ1) is 4.16. The highest BCUT2D eigenvalue weighted by molar-refractivity contribution is 6.21. The van der Waals surface area contributed by atoms with Gasteiger partial charge in [-0.15, -0.1) is 11.6 Å². The van der Waals surface area contributed by atoms with Crippen LogP contribution in [0.2, 0.25) is 0 Å². The van der Waals surface area contributed by atoms with Crippen LogP contribution in [-0.2, 0) is 4.79 Å². The third-order valence-corrected chi connectivity index (χ3v) is 1.19. The molecule has 1 nitrogen and oxygen atoms in total. The molecule has 1 atom stereocenters. The summed E-state index contributed by atoms with van der Waals surface area (Å²) < 4.78 is 0. The molecule has 0 heterocycles. The molecule has 0 saturated heterocycles. The lowest BCUT2D eigenvalue weighted by Gasteiger charge is -1.98. The van der Waals surface area contributed by atoms with E-state index in [1.165, 1.54) is 0 Å². The van der Waals surface area contributed by atoms with Gasteiger partial charge < -0.3 is 0 Å². The Morgan fingerprint density at radius 2 is 2.22 bits per heavy atom. The summed E-state index contributed by atoms with van der Waals surface area (Å²) in [5, 5.41) is 0.00375. The Balaban J connectivity index is 3.27. The predicted molar refractivity (Wildman–Crippen MR) is 39.8 cm³/mol. The van der Waals surface area contributed by atoms with Crippen molar-refractivity contribution in [3.8, 4) is 0 Å². The van der Waals surface area contributed by atoms with Crippen molar-refractivity contribution >= 4 is 17.4 Å². The van der Waals surface area contributed by atoms with Gasteiger partial charge in [-0.05, 0) is 13.3 Å². The third kappa shape index (κ3) is 5.84. The molecule has 1 unspecified atom stereocenters. The lowest BCUT2D eigenvalue weighted by molar-refractivity contribution is -0.119. The predicted octanol–water partition coefficient (Wildman–Crippen LogP) is 2.37. The molecule has 0 radical (unpaired) electrons. The molecule has 0 aliphatic heterocycles. The van der Waals surface area contributed by atoms with Gasteiger partial charge in [0.05, 0.1) is 0 Å². The number of hydrogen-bond donors (Lipinski definition) is 0. The van der Waals surface area contributed by atoms with Gasteiger partial charge >= 0.3 is 0 Å². The van der Waals surface area contributed by atoms with Crippen molar-refractivity contribution in [1.29, 1.82) is 0 Å². The summed E-state index contributed by atoms with van der Waals surface area (Å²) in [4.78, 5) is 10.8. The standard InChI is InChI=1S/C7H13ClO/c1-3-4-7(9)5-6(2)8/h6H,3-5H2,1-2H3. The summed E-state index contributed by atoms with van der Waals surface area (Å²) in [6, 6.07) is 0. The molecule has 0 aromatic rings. The van der Waals surface area contributed by atoms with Crippen molar-refractivity contribution in [2.24, 2.45) is 0 Å². The minimum Gasteiger partial charge on any atom is -0.300 e. The summed E-state index contributed by atoms with van der Waals surface area (Å²) in [6.45, 7) is 3.84. The second kappa shape index (κ2) is 4.80. The van der Waals surface area contributed by atoms with Gasteiger partial charge in [0, 0.05) is 18.2 Å². The fourth-order valence-corrected chi connectivity index (χ4v) is 0.867. The molecule has 0 aromatic heterocycles. The number of carbonyl (C=O) groups excluding carboxylic acids is 1. The van der Waals surface area contributed by atoms with Crippen molar-refractivity contribution in [3.63, 3.8) is 0 Å². The maximum Gasteiger partial charge on any atom is 0.134 e. The Morgan fingerprint density at radius 1 is 1.67 bits per heavy atom. The van der Waals surface area contributed by atoms with E-state index in [-0.39, 0.29) is 11.2 Å². The van der Waals surface area contributed by atoms with E-state index < -0.39 is 0 Å². The van der Waals surface area contributed by atoms with Crippen LogP contribution in [0.4, 0.5) is 0 Å². The molecule has 2 heteroatoms. The molecule has 0 spiro atoms. The van der Waals surface area contributed by atoms with Crippen molar-refractivity contribution in [1.82, 2.24) is 0 Å². The molecule has 0 amide bonds. The van der Waals surface area contributed by atoms with Crippen LogP contribution in [-0.4, -0.2) is 11.2 Å². The maximum absolute atomic E-state index is 10.8. The first-order valence-electron chi connectivity index (χ1n) is 3.32. The van der Waals surface area contributed by atoms with Gasteiger partial charge in [-0.2, -0.15) is 0 Å². The second-order valence-electron chi connectivity index (χ2n) is 2.27.